The molecule has 5 nitrogen and oxygen atoms in total. The minimum Gasteiger partial charge on any atom is -0.450 e. The number of rotatable bonds is 3. The number of amides is 1. The van der Waals surface area contributed by atoms with E-state index in [1.54, 1.807) is 17.3 Å². The Balaban J connectivity index is 1.76. The molecule has 0 saturated carbocycles. The fourth-order valence-electron chi connectivity index (χ4n) is 4.46. The van der Waals surface area contributed by atoms with Crippen molar-refractivity contribution in [1.82, 2.24) is 9.88 Å². The van der Waals surface area contributed by atoms with Crippen LogP contribution in [0.3, 0.4) is 0 Å². The van der Waals surface area contributed by atoms with Gasteiger partial charge in [0, 0.05) is 18.9 Å². The molecule has 5 heteroatoms. The maximum Gasteiger partial charge on any atom is 0.291 e. The summed E-state index contributed by atoms with van der Waals surface area (Å²) >= 11 is 0. The van der Waals surface area contributed by atoms with Gasteiger partial charge in [0.25, 0.3) is 5.91 Å². The Morgan fingerprint density at radius 1 is 1.00 bits per heavy atom. The fraction of sp³-hybridized carbons (Fsp3) is 0.192. The third-order valence-corrected chi connectivity index (χ3v) is 5.88. The van der Waals surface area contributed by atoms with Gasteiger partial charge in [0.05, 0.1) is 17.0 Å². The lowest BCUT2D eigenvalue weighted by Gasteiger charge is -2.25. The molecule has 4 aromatic rings. The van der Waals surface area contributed by atoms with Crippen molar-refractivity contribution >= 4 is 16.9 Å². The van der Waals surface area contributed by atoms with Crippen molar-refractivity contribution in [2.24, 2.45) is 0 Å². The first-order valence-electron chi connectivity index (χ1n) is 10.3. The predicted octanol–water partition coefficient (Wildman–Crippen LogP) is 4.86. The largest absolute Gasteiger partial charge is 0.450 e. The molecule has 2 aromatic carbocycles. The van der Waals surface area contributed by atoms with Crippen molar-refractivity contribution < 1.29 is 9.21 Å². The van der Waals surface area contributed by atoms with E-state index in [1.165, 1.54) is 0 Å². The lowest BCUT2D eigenvalue weighted by molar-refractivity contribution is 0.0714. The number of hydrogen-bond donors (Lipinski definition) is 0. The van der Waals surface area contributed by atoms with E-state index in [4.69, 9.17) is 4.42 Å². The molecule has 5 rings (SSSR count). The summed E-state index contributed by atoms with van der Waals surface area (Å²) in [5, 5.41) is 0.539. The number of benzene rings is 2. The van der Waals surface area contributed by atoms with E-state index in [1.807, 2.05) is 69.3 Å². The van der Waals surface area contributed by atoms with Crippen molar-refractivity contribution in [3.8, 4) is 0 Å². The Hall–Kier alpha value is -3.73. The molecule has 2 aromatic heterocycles. The summed E-state index contributed by atoms with van der Waals surface area (Å²) in [7, 11) is 0. The second-order valence-corrected chi connectivity index (χ2v) is 8.24. The van der Waals surface area contributed by atoms with E-state index >= 15 is 0 Å². The van der Waals surface area contributed by atoms with E-state index in [-0.39, 0.29) is 17.1 Å². The molecule has 0 N–H and O–H groups in total. The van der Waals surface area contributed by atoms with Gasteiger partial charge in [0.1, 0.15) is 5.58 Å². The van der Waals surface area contributed by atoms with E-state index < -0.39 is 6.04 Å². The van der Waals surface area contributed by atoms with Gasteiger partial charge >= 0.3 is 0 Å². The Kier molecular flexibility index (Phi) is 4.47. The van der Waals surface area contributed by atoms with Crippen LogP contribution in [0.25, 0.3) is 11.0 Å². The van der Waals surface area contributed by atoms with E-state index in [0.29, 0.717) is 23.1 Å². The number of hydrogen-bond acceptors (Lipinski definition) is 4. The van der Waals surface area contributed by atoms with Gasteiger partial charge in [-0.05, 0) is 55.2 Å². The van der Waals surface area contributed by atoms with Crippen LogP contribution < -0.4 is 5.43 Å². The minimum atomic E-state index is -0.510. The molecule has 0 bridgehead atoms. The summed E-state index contributed by atoms with van der Waals surface area (Å²) in [5.74, 6) is -0.139. The number of aryl methyl sites for hydroxylation is 3. The van der Waals surface area contributed by atoms with Gasteiger partial charge in [-0.2, -0.15) is 0 Å². The molecule has 1 atom stereocenters. The third kappa shape index (κ3) is 3.13. The van der Waals surface area contributed by atoms with Crippen LogP contribution in [0.4, 0.5) is 0 Å². The topological polar surface area (TPSA) is 63.4 Å². The molecule has 1 amide bonds. The summed E-state index contributed by atoms with van der Waals surface area (Å²) in [5.41, 5.74) is 5.47. The zero-order valence-electron chi connectivity index (χ0n) is 17.7. The average Bonchev–Trinajstić information content (AvgIpc) is 3.01. The molecule has 1 aliphatic rings. The third-order valence-electron chi connectivity index (χ3n) is 5.88. The van der Waals surface area contributed by atoms with Crippen LogP contribution in [-0.2, 0) is 6.54 Å². The number of carbonyl (C=O) groups is 1. The van der Waals surface area contributed by atoms with E-state index in [0.717, 1.165) is 27.8 Å². The highest BCUT2D eigenvalue weighted by Gasteiger charge is 2.42. The van der Waals surface area contributed by atoms with Crippen LogP contribution in [0, 0.1) is 20.8 Å². The van der Waals surface area contributed by atoms with Crippen LogP contribution in [0.2, 0.25) is 0 Å². The first kappa shape index (κ1) is 19.2. The molecule has 0 aliphatic carbocycles. The molecule has 1 unspecified atom stereocenters. The molecule has 31 heavy (non-hydrogen) atoms. The van der Waals surface area contributed by atoms with Crippen molar-refractivity contribution in [3.63, 3.8) is 0 Å². The van der Waals surface area contributed by atoms with E-state index in [2.05, 4.69) is 4.98 Å². The molecule has 1 aliphatic heterocycles. The van der Waals surface area contributed by atoms with Gasteiger partial charge in [-0.25, -0.2) is 0 Å². The zero-order valence-corrected chi connectivity index (χ0v) is 17.7. The second kappa shape index (κ2) is 7.20. The smallest absolute Gasteiger partial charge is 0.291 e. The Morgan fingerprint density at radius 2 is 1.77 bits per heavy atom. The van der Waals surface area contributed by atoms with Crippen LogP contribution >= 0.6 is 0 Å². The highest BCUT2D eigenvalue weighted by molar-refractivity contribution is 5.99. The summed E-state index contributed by atoms with van der Waals surface area (Å²) in [4.78, 5) is 33.1. The molecular formula is C26H22N2O3. The Bertz CT molecular complexity index is 1370. The van der Waals surface area contributed by atoms with Crippen LogP contribution in [0.5, 0.6) is 0 Å². The van der Waals surface area contributed by atoms with Crippen molar-refractivity contribution in [2.45, 2.75) is 33.4 Å². The van der Waals surface area contributed by atoms with Crippen LogP contribution in [-0.4, -0.2) is 15.8 Å². The number of nitrogens with zero attached hydrogens (tertiary/aromatic N) is 2. The summed E-state index contributed by atoms with van der Waals surface area (Å²) in [6.07, 6.45) is 3.44. The SMILES string of the molecule is Cc1ccc(C2c3c(oc4cc(C)cc(C)c4c3=O)C(=O)N2Cc2cccnc2)cc1. The fourth-order valence-corrected chi connectivity index (χ4v) is 4.46. The number of fused-ring (bicyclic) bond motifs is 2. The minimum absolute atomic E-state index is 0.136. The molecule has 0 fully saturated rings. The molecular weight excluding hydrogens is 388 g/mol. The van der Waals surface area contributed by atoms with Crippen LogP contribution in [0.1, 0.15) is 50.0 Å². The second-order valence-electron chi connectivity index (χ2n) is 8.24. The molecule has 3 heterocycles. The van der Waals surface area contributed by atoms with Gasteiger partial charge in [-0.3, -0.25) is 14.6 Å². The van der Waals surface area contributed by atoms with Gasteiger partial charge in [0.15, 0.2) is 5.43 Å². The highest BCUT2D eigenvalue weighted by atomic mass is 16.3. The summed E-state index contributed by atoms with van der Waals surface area (Å²) in [6, 6.07) is 15.0. The first-order chi connectivity index (χ1) is 14.9. The number of aromatic nitrogens is 1. The summed E-state index contributed by atoms with van der Waals surface area (Å²) in [6.45, 7) is 6.21. The first-order valence-corrected chi connectivity index (χ1v) is 10.3. The lowest BCUT2D eigenvalue weighted by Crippen LogP contribution is -2.29. The van der Waals surface area contributed by atoms with Crippen molar-refractivity contribution in [1.29, 1.82) is 0 Å². The normalized spacial score (nSPS) is 15.5. The van der Waals surface area contributed by atoms with Gasteiger partial charge in [0.2, 0.25) is 5.76 Å². The average molecular weight is 410 g/mol. The Labute approximate surface area is 180 Å². The number of carbonyl (C=O) groups excluding carboxylic acids is 1. The van der Waals surface area contributed by atoms with Gasteiger partial charge in [-0.1, -0.05) is 42.0 Å². The van der Waals surface area contributed by atoms with Crippen molar-refractivity contribution in [3.05, 3.63) is 110 Å². The molecule has 0 radical (unpaired) electrons. The zero-order chi connectivity index (χ0) is 21.7. The van der Waals surface area contributed by atoms with Crippen LogP contribution in [0.15, 0.2) is 70.1 Å². The molecule has 154 valence electrons. The number of pyridine rings is 1. The maximum absolute atomic E-state index is 13.7. The Morgan fingerprint density at radius 3 is 2.48 bits per heavy atom. The van der Waals surface area contributed by atoms with Gasteiger partial charge < -0.3 is 9.32 Å². The highest BCUT2D eigenvalue weighted by Crippen LogP contribution is 2.39. The molecule has 0 saturated heterocycles. The summed E-state index contributed by atoms with van der Waals surface area (Å²) < 4.78 is 6.10. The van der Waals surface area contributed by atoms with E-state index in [9.17, 15) is 9.59 Å². The standard InChI is InChI=1S/C26H22N2O3/c1-15-6-8-19(9-7-15)23-22-24(29)21-17(3)11-16(2)12-20(21)31-25(22)26(30)28(23)14-18-5-4-10-27-13-18/h4-13,23H,14H2,1-3H3. The lowest BCUT2D eigenvalue weighted by atomic mass is 9.96. The molecule has 0 spiro atoms. The quantitative estimate of drug-likeness (QED) is 0.484. The maximum atomic E-state index is 13.7. The van der Waals surface area contributed by atoms with Crippen molar-refractivity contribution in [2.75, 3.05) is 0 Å². The predicted molar refractivity (Wildman–Crippen MR) is 119 cm³/mol. The monoisotopic (exact) mass is 410 g/mol. The van der Waals surface area contributed by atoms with Gasteiger partial charge in [-0.15, -0.1) is 0 Å².